The van der Waals surface area contributed by atoms with Gasteiger partial charge in [-0.25, -0.2) is 4.79 Å². The molecule has 0 saturated heterocycles. The molecular weight excluding hydrogens is 186 g/mol. The van der Waals surface area contributed by atoms with Gasteiger partial charge in [-0.2, -0.15) is 0 Å². The standard InChI is InChI=1S/C9H11NO4/c1-13-6-4-3-5(9(11)12)7(10)8(6)14-2/h3-4H,10H2,1-2H3,(H,11,12). The molecule has 0 aliphatic rings. The number of aromatic carboxylic acids is 1. The van der Waals surface area contributed by atoms with Crippen LogP contribution in [0.2, 0.25) is 0 Å². The van der Waals surface area contributed by atoms with Crippen molar-refractivity contribution in [1.82, 2.24) is 0 Å². The Morgan fingerprint density at radius 3 is 2.43 bits per heavy atom. The highest BCUT2D eigenvalue weighted by molar-refractivity contribution is 5.96. The summed E-state index contributed by atoms with van der Waals surface area (Å²) >= 11 is 0. The van der Waals surface area contributed by atoms with E-state index < -0.39 is 5.97 Å². The van der Waals surface area contributed by atoms with E-state index in [1.165, 1.54) is 26.4 Å². The van der Waals surface area contributed by atoms with Crippen molar-refractivity contribution in [3.8, 4) is 11.5 Å². The van der Waals surface area contributed by atoms with Crippen molar-refractivity contribution in [2.45, 2.75) is 0 Å². The summed E-state index contributed by atoms with van der Waals surface area (Å²) in [5, 5.41) is 8.77. The van der Waals surface area contributed by atoms with Crippen molar-refractivity contribution < 1.29 is 19.4 Å². The van der Waals surface area contributed by atoms with Crippen molar-refractivity contribution in [2.75, 3.05) is 20.0 Å². The van der Waals surface area contributed by atoms with Gasteiger partial charge in [0.15, 0.2) is 11.5 Å². The van der Waals surface area contributed by atoms with E-state index >= 15 is 0 Å². The van der Waals surface area contributed by atoms with Crippen molar-refractivity contribution in [1.29, 1.82) is 0 Å². The van der Waals surface area contributed by atoms with Gasteiger partial charge >= 0.3 is 5.97 Å². The largest absolute Gasteiger partial charge is 0.493 e. The summed E-state index contributed by atoms with van der Waals surface area (Å²) in [7, 11) is 2.86. The molecule has 0 aliphatic heterocycles. The minimum absolute atomic E-state index is 0.00245. The van der Waals surface area contributed by atoms with Gasteiger partial charge in [0.1, 0.15) is 0 Å². The number of nitrogens with two attached hydrogens (primary N) is 1. The number of hydrogen-bond acceptors (Lipinski definition) is 4. The van der Waals surface area contributed by atoms with Crippen molar-refractivity contribution in [2.24, 2.45) is 0 Å². The fraction of sp³-hybridized carbons (Fsp3) is 0.222. The quantitative estimate of drug-likeness (QED) is 0.706. The Kier molecular flexibility index (Phi) is 2.81. The molecule has 5 heteroatoms. The molecule has 1 rings (SSSR count). The highest BCUT2D eigenvalue weighted by atomic mass is 16.5. The van der Waals surface area contributed by atoms with Gasteiger partial charge in [-0.1, -0.05) is 0 Å². The third kappa shape index (κ3) is 1.56. The predicted molar refractivity (Wildman–Crippen MR) is 50.9 cm³/mol. The second-order valence-corrected chi connectivity index (χ2v) is 2.57. The average Bonchev–Trinajstić information content (AvgIpc) is 2.16. The molecule has 14 heavy (non-hydrogen) atoms. The molecule has 1 aromatic carbocycles. The van der Waals surface area contributed by atoms with Gasteiger partial charge in [0.2, 0.25) is 0 Å². The van der Waals surface area contributed by atoms with Gasteiger partial charge in [0, 0.05) is 0 Å². The number of anilines is 1. The molecule has 0 fully saturated rings. The van der Waals surface area contributed by atoms with Gasteiger partial charge < -0.3 is 20.3 Å². The molecule has 5 nitrogen and oxygen atoms in total. The van der Waals surface area contributed by atoms with Gasteiger partial charge in [-0.05, 0) is 12.1 Å². The maximum atomic E-state index is 10.7. The number of benzene rings is 1. The van der Waals surface area contributed by atoms with E-state index in [1.807, 2.05) is 0 Å². The number of methoxy groups -OCH3 is 2. The van der Waals surface area contributed by atoms with E-state index in [2.05, 4.69) is 0 Å². The fourth-order valence-electron chi connectivity index (χ4n) is 1.14. The number of carbonyl (C=O) groups is 1. The smallest absolute Gasteiger partial charge is 0.337 e. The molecule has 1 aromatic rings. The Labute approximate surface area is 81.0 Å². The maximum absolute atomic E-state index is 10.7. The zero-order valence-electron chi connectivity index (χ0n) is 7.90. The van der Waals surface area contributed by atoms with E-state index in [4.69, 9.17) is 20.3 Å². The number of carboxylic acid groups (broad SMARTS) is 1. The summed E-state index contributed by atoms with van der Waals surface area (Å²) in [5.41, 5.74) is 5.66. The molecule has 3 N–H and O–H groups in total. The Balaban J connectivity index is 3.34. The Morgan fingerprint density at radius 1 is 1.36 bits per heavy atom. The third-order valence-corrected chi connectivity index (χ3v) is 1.81. The summed E-state index contributed by atoms with van der Waals surface area (Å²) in [5.74, 6) is -0.439. The minimum atomic E-state index is -1.09. The van der Waals surface area contributed by atoms with Gasteiger partial charge in [-0.3, -0.25) is 0 Å². The molecule has 0 atom stereocenters. The summed E-state index contributed by atoms with van der Waals surface area (Å²) in [6, 6.07) is 2.87. The van der Waals surface area contributed by atoms with E-state index in [0.29, 0.717) is 5.75 Å². The molecule has 0 unspecified atom stereocenters. The van der Waals surface area contributed by atoms with Crippen molar-refractivity contribution >= 4 is 11.7 Å². The van der Waals surface area contributed by atoms with E-state index in [-0.39, 0.29) is 17.0 Å². The van der Waals surface area contributed by atoms with Crippen molar-refractivity contribution in [3.63, 3.8) is 0 Å². The van der Waals surface area contributed by atoms with Crippen LogP contribution in [0.5, 0.6) is 11.5 Å². The SMILES string of the molecule is COc1ccc(C(=O)O)c(N)c1OC. The van der Waals surface area contributed by atoms with E-state index in [9.17, 15) is 4.79 Å². The topological polar surface area (TPSA) is 81.8 Å². The molecule has 0 aromatic heterocycles. The molecular formula is C9H11NO4. The summed E-state index contributed by atoms with van der Waals surface area (Å²) < 4.78 is 9.90. The second kappa shape index (κ2) is 3.87. The van der Waals surface area contributed by atoms with Gasteiger partial charge in [0.25, 0.3) is 0 Å². The van der Waals surface area contributed by atoms with Crippen LogP contribution in [0, 0.1) is 0 Å². The molecule has 0 saturated carbocycles. The highest BCUT2D eigenvalue weighted by Crippen LogP contribution is 2.35. The van der Waals surface area contributed by atoms with Crippen LogP contribution in [0.4, 0.5) is 5.69 Å². The van der Waals surface area contributed by atoms with Crippen LogP contribution in [-0.2, 0) is 0 Å². The third-order valence-electron chi connectivity index (χ3n) is 1.81. The van der Waals surface area contributed by atoms with Crippen LogP contribution in [0.3, 0.4) is 0 Å². The predicted octanol–water partition coefficient (Wildman–Crippen LogP) is 0.984. The van der Waals surface area contributed by atoms with Crippen LogP contribution in [0.25, 0.3) is 0 Å². The number of hydrogen-bond donors (Lipinski definition) is 2. The number of nitrogen functional groups attached to an aromatic ring is 1. The lowest BCUT2D eigenvalue weighted by molar-refractivity contribution is 0.0697. The Morgan fingerprint density at radius 2 is 2.00 bits per heavy atom. The van der Waals surface area contributed by atoms with Crippen LogP contribution in [0.1, 0.15) is 10.4 Å². The molecule has 0 heterocycles. The first-order valence-electron chi connectivity index (χ1n) is 3.85. The lowest BCUT2D eigenvalue weighted by Gasteiger charge is -2.11. The monoisotopic (exact) mass is 197 g/mol. The zero-order valence-corrected chi connectivity index (χ0v) is 7.90. The number of ether oxygens (including phenoxy) is 2. The average molecular weight is 197 g/mol. The first-order chi connectivity index (χ1) is 6.61. The normalized spacial score (nSPS) is 9.57. The van der Waals surface area contributed by atoms with E-state index in [0.717, 1.165) is 0 Å². The van der Waals surface area contributed by atoms with Crippen LogP contribution in [0.15, 0.2) is 12.1 Å². The molecule has 0 aliphatic carbocycles. The van der Waals surface area contributed by atoms with Gasteiger partial charge in [-0.15, -0.1) is 0 Å². The Hall–Kier alpha value is -1.91. The molecule has 0 amide bonds. The lowest BCUT2D eigenvalue weighted by Crippen LogP contribution is -2.05. The number of carboxylic acids is 1. The molecule has 0 radical (unpaired) electrons. The minimum Gasteiger partial charge on any atom is -0.493 e. The maximum Gasteiger partial charge on any atom is 0.337 e. The first kappa shape index (κ1) is 10.2. The van der Waals surface area contributed by atoms with Crippen LogP contribution >= 0.6 is 0 Å². The summed E-state index contributed by atoms with van der Waals surface area (Å²) in [6.07, 6.45) is 0. The molecule has 0 bridgehead atoms. The summed E-state index contributed by atoms with van der Waals surface area (Å²) in [4.78, 5) is 10.7. The van der Waals surface area contributed by atoms with E-state index in [1.54, 1.807) is 0 Å². The van der Waals surface area contributed by atoms with Gasteiger partial charge in [0.05, 0.1) is 25.5 Å². The Bertz CT molecular complexity index is 362. The molecule has 0 spiro atoms. The summed E-state index contributed by atoms with van der Waals surface area (Å²) in [6.45, 7) is 0. The molecule has 76 valence electrons. The van der Waals surface area contributed by atoms with Crippen LogP contribution in [-0.4, -0.2) is 25.3 Å². The fourth-order valence-corrected chi connectivity index (χ4v) is 1.14. The van der Waals surface area contributed by atoms with Crippen molar-refractivity contribution in [3.05, 3.63) is 17.7 Å². The zero-order chi connectivity index (χ0) is 10.7. The van der Waals surface area contributed by atoms with Crippen LogP contribution < -0.4 is 15.2 Å². The lowest BCUT2D eigenvalue weighted by atomic mass is 10.1. The highest BCUT2D eigenvalue weighted by Gasteiger charge is 2.15. The second-order valence-electron chi connectivity index (χ2n) is 2.57. The number of rotatable bonds is 3. The first-order valence-corrected chi connectivity index (χ1v) is 3.85.